The zero-order valence-corrected chi connectivity index (χ0v) is 11.4. The van der Waals surface area contributed by atoms with Crippen molar-refractivity contribution in [2.45, 2.75) is 19.9 Å². The first-order valence-corrected chi connectivity index (χ1v) is 6.86. The Hall–Kier alpha value is -1.46. The molecule has 4 nitrogen and oxygen atoms in total. The number of pyridine rings is 1. The van der Waals surface area contributed by atoms with Crippen LogP contribution in [0, 0.1) is 0 Å². The van der Waals surface area contributed by atoms with Gasteiger partial charge in [0, 0.05) is 32.3 Å². The van der Waals surface area contributed by atoms with Gasteiger partial charge in [-0.15, -0.1) is 11.3 Å². The van der Waals surface area contributed by atoms with E-state index in [1.165, 1.54) is 17.2 Å². The molecule has 0 aromatic carbocycles. The van der Waals surface area contributed by atoms with Crippen LogP contribution in [0.15, 0.2) is 23.7 Å². The van der Waals surface area contributed by atoms with Crippen LogP contribution in [0.2, 0.25) is 0 Å². The van der Waals surface area contributed by atoms with Gasteiger partial charge >= 0.3 is 0 Å². The van der Waals surface area contributed by atoms with Gasteiger partial charge in [-0.3, -0.25) is 9.78 Å². The van der Waals surface area contributed by atoms with Crippen LogP contribution in [-0.2, 0) is 4.79 Å². The fourth-order valence-electron chi connectivity index (χ4n) is 1.74. The summed E-state index contributed by atoms with van der Waals surface area (Å²) in [5, 5.41) is 8.18. The molecule has 18 heavy (non-hydrogen) atoms. The number of carbonyl (C=O) groups is 1. The molecule has 2 heterocycles. The molecule has 0 saturated carbocycles. The molecule has 2 aromatic rings. The SMILES string of the molecule is CC(=O)NCCNC(C)c1cnc2ccsc2c1. The zero-order chi connectivity index (χ0) is 13.0. The monoisotopic (exact) mass is 263 g/mol. The minimum Gasteiger partial charge on any atom is -0.355 e. The molecule has 0 fully saturated rings. The maximum Gasteiger partial charge on any atom is 0.216 e. The van der Waals surface area contributed by atoms with Crippen LogP contribution < -0.4 is 10.6 Å². The number of amides is 1. The Morgan fingerprint density at radius 2 is 2.33 bits per heavy atom. The number of aromatic nitrogens is 1. The van der Waals surface area contributed by atoms with E-state index < -0.39 is 0 Å². The summed E-state index contributed by atoms with van der Waals surface area (Å²) in [5.74, 6) is 0.00567. The average molecular weight is 263 g/mol. The number of hydrogen-bond acceptors (Lipinski definition) is 4. The summed E-state index contributed by atoms with van der Waals surface area (Å²) in [4.78, 5) is 15.1. The van der Waals surface area contributed by atoms with Crippen LogP contribution in [0.4, 0.5) is 0 Å². The molecule has 0 aliphatic rings. The van der Waals surface area contributed by atoms with Crippen LogP contribution in [0.1, 0.15) is 25.5 Å². The van der Waals surface area contributed by atoms with Crippen molar-refractivity contribution < 1.29 is 4.79 Å². The summed E-state index contributed by atoms with van der Waals surface area (Å²) in [6, 6.07) is 4.43. The van der Waals surface area contributed by atoms with E-state index in [4.69, 9.17) is 0 Å². The molecule has 0 saturated heterocycles. The number of rotatable bonds is 5. The van der Waals surface area contributed by atoms with Crippen molar-refractivity contribution in [2.75, 3.05) is 13.1 Å². The normalized spacial score (nSPS) is 12.6. The van der Waals surface area contributed by atoms with Gasteiger partial charge in [0.15, 0.2) is 0 Å². The molecular weight excluding hydrogens is 246 g/mol. The molecular formula is C13H17N3OS. The molecule has 0 aliphatic heterocycles. The minimum absolute atomic E-state index is 0.00567. The summed E-state index contributed by atoms with van der Waals surface area (Å²) < 4.78 is 1.21. The Morgan fingerprint density at radius 1 is 1.50 bits per heavy atom. The minimum atomic E-state index is 0.00567. The number of carbonyl (C=O) groups excluding carboxylic acids is 1. The Kier molecular flexibility index (Phi) is 4.28. The number of nitrogens with zero attached hydrogens (tertiary/aromatic N) is 1. The van der Waals surface area contributed by atoms with Gasteiger partial charge in [-0.1, -0.05) is 0 Å². The van der Waals surface area contributed by atoms with Gasteiger partial charge in [-0.25, -0.2) is 0 Å². The molecule has 2 N–H and O–H groups in total. The summed E-state index contributed by atoms with van der Waals surface area (Å²) in [5.41, 5.74) is 2.22. The summed E-state index contributed by atoms with van der Waals surface area (Å²) >= 11 is 1.70. The van der Waals surface area contributed by atoms with Crippen molar-refractivity contribution in [3.63, 3.8) is 0 Å². The smallest absolute Gasteiger partial charge is 0.216 e. The lowest BCUT2D eigenvalue weighted by Gasteiger charge is -2.14. The predicted molar refractivity (Wildman–Crippen MR) is 74.7 cm³/mol. The molecule has 2 rings (SSSR count). The van der Waals surface area contributed by atoms with E-state index in [1.54, 1.807) is 11.3 Å². The van der Waals surface area contributed by atoms with Gasteiger partial charge in [-0.2, -0.15) is 0 Å². The van der Waals surface area contributed by atoms with Crippen LogP contribution in [-0.4, -0.2) is 24.0 Å². The Labute approximate surface area is 110 Å². The van der Waals surface area contributed by atoms with Crippen molar-refractivity contribution >= 4 is 27.5 Å². The topological polar surface area (TPSA) is 54.0 Å². The molecule has 0 radical (unpaired) electrons. The molecule has 0 aliphatic carbocycles. The van der Waals surface area contributed by atoms with E-state index >= 15 is 0 Å². The lowest BCUT2D eigenvalue weighted by Crippen LogP contribution is -2.31. The molecule has 0 spiro atoms. The van der Waals surface area contributed by atoms with E-state index in [0.29, 0.717) is 6.54 Å². The largest absolute Gasteiger partial charge is 0.355 e. The van der Waals surface area contributed by atoms with E-state index in [0.717, 1.165) is 12.1 Å². The molecule has 0 bridgehead atoms. The zero-order valence-electron chi connectivity index (χ0n) is 10.6. The van der Waals surface area contributed by atoms with Crippen LogP contribution in [0.5, 0.6) is 0 Å². The number of hydrogen-bond donors (Lipinski definition) is 2. The molecule has 96 valence electrons. The molecule has 2 aromatic heterocycles. The summed E-state index contributed by atoms with van der Waals surface area (Å²) in [6.07, 6.45) is 1.91. The Balaban J connectivity index is 1.91. The van der Waals surface area contributed by atoms with Gasteiger partial charge in [0.05, 0.1) is 10.2 Å². The van der Waals surface area contributed by atoms with Crippen molar-refractivity contribution in [3.8, 4) is 0 Å². The third kappa shape index (κ3) is 3.27. The molecule has 1 amide bonds. The average Bonchev–Trinajstić information content (AvgIpc) is 2.81. The van der Waals surface area contributed by atoms with E-state index in [-0.39, 0.29) is 11.9 Å². The van der Waals surface area contributed by atoms with E-state index in [2.05, 4.69) is 34.0 Å². The first kappa shape index (κ1) is 13.0. The highest BCUT2D eigenvalue weighted by Gasteiger charge is 2.06. The highest BCUT2D eigenvalue weighted by molar-refractivity contribution is 7.17. The van der Waals surface area contributed by atoms with Gasteiger partial charge in [0.25, 0.3) is 0 Å². The van der Waals surface area contributed by atoms with Crippen molar-refractivity contribution in [1.82, 2.24) is 15.6 Å². The number of thiophene rings is 1. The summed E-state index contributed by atoms with van der Waals surface area (Å²) in [6.45, 7) is 5.03. The molecule has 1 unspecified atom stereocenters. The highest BCUT2D eigenvalue weighted by Crippen LogP contribution is 2.22. The highest BCUT2D eigenvalue weighted by atomic mass is 32.1. The maximum atomic E-state index is 10.7. The third-order valence-electron chi connectivity index (χ3n) is 2.77. The Morgan fingerprint density at radius 3 is 3.11 bits per heavy atom. The Bertz CT molecular complexity index is 538. The lowest BCUT2D eigenvalue weighted by atomic mass is 10.1. The van der Waals surface area contributed by atoms with Crippen LogP contribution >= 0.6 is 11.3 Å². The van der Waals surface area contributed by atoms with Crippen molar-refractivity contribution in [1.29, 1.82) is 0 Å². The van der Waals surface area contributed by atoms with Crippen LogP contribution in [0.25, 0.3) is 10.2 Å². The van der Waals surface area contributed by atoms with Gasteiger partial charge in [-0.05, 0) is 30.0 Å². The number of fused-ring (bicyclic) bond motifs is 1. The van der Waals surface area contributed by atoms with Crippen LogP contribution in [0.3, 0.4) is 0 Å². The first-order valence-electron chi connectivity index (χ1n) is 5.98. The van der Waals surface area contributed by atoms with Gasteiger partial charge in [0.2, 0.25) is 5.91 Å². The van der Waals surface area contributed by atoms with Gasteiger partial charge in [0.1, 0.15) is 0 Å². The standard InChI is InChI=1S/C13H17N3OS/c1-9(14-4-5-15-10(2)17)11-7-13-12(16-8-11)3-6-18-13/h3,6-9,14H,4-5H2,1-2H3,(H,15,17). The lowest BCUT2D eigenvalue weighted by molar-refractivity contribution is -0.118. The number of nitrogens with one attached hydrogen (secondary N) is 2. The summed E-state index contributed by atoms with van der Waals surface area (Å²) in [7, 11) is 0. The second-order valence-electron chi connectivity index (χ2n) is 4.23. The maximum absolute atomic E-state index is 10.7. The molecule has 1 atom stereocenters. The fraction of sp³-hybridized carbons (Fsp3) is 0.385. The van der Waals surface area contributed by atoms with Crippen molar-refractivity contribution in [2.24, 2.45) is 0 Å². The second-order valence-corrected chi connectivity index (χ2v) is 5.18. The van der Waals surface area contributed by atoms with Crippen molar-refractivity contribution in [3.05, 3.63) is 29.3 Å². The van der Waals surface area contributed by atoms with E-state index in [1.807, 2.05) is 12.3 Å². The predicted octanol–water partition coefficient (Wildman–Crippen LogP) is 2.08. The quantitative estimate of drug-likeness (QED) is 0.812. The third-order valence-corrected chi connectivity index (χ3v) is 3.63. The first-order chi connectivity index (χ1) is 8.66. The van der Waals surface area contributed by atoms with Gasteiger partial charge < -0.3 is 10.6 Å². The van der Waals surface area contributed by atoms with E-state index in [9.17, 15) is 4.79 Å². The molecule has 5 heteroatoms. The fourth-order valence-corrected chi connectivity index (χ4v) is 2.53. The second kappa shape index (κ2) is 5.93.